The van der Waals surface area contributed by atoms with Crippen LogP contribution in [0.25, 0.3) is 0 Å². The molecule has 3 N–H and O–H groups in total. The second kappa shape index (κ2) is 5.85. The topological polar surface area (TPSA) is 49.5 Å². The second-order valence-corrected chi connectivity index (χ2v) is 3.83. The number of aliphatic hydroxyl groups excluding tert-OH is 1. The highest BCUT2D eigenvalue weighted by molar-refractivity contribution is 5.18. The van der Waals surface area contributed by atoms with Gasteiger partial charge in [0.1, 0.15) is 0 Å². The van der Waals surface area contributed by atoms with Gasteiger partial charge in [0.15, 0.2) is 0 Å². The molecule has 0 heterocycles. The Morgan fingerprint density at radius 2 is 1.93 bits per heavy atom. The highest BCUT2D eigenvalue weighted by atomic mass is 16.3. The summed E-state index contributed by atoms with van der Waals surface area (Å²) < 4.78 is 0. The Hall–Kier alpha value is -0.900. The van der Waals surface area contributed by atoms with Crippen molar-refractivity contribution < 1.29 is 5.11 Å². The lowest BCUT2D eigenvalue weighted by molar-refractivity contribution is 0.0577. The first-order chi connectivity index (χ1) is 7.16. The van der Waals surface area contributed by atoms with E-state index in [1.807, 2.05) is 37.3 Å². The number of nitrogens with zero attached hydrogens (tertiary/aromatic N) is 1. The molecular weight excluding hydrogens is 188 g/mol. The fraction of sp³-hybridized carbons (Fsp3) is 0.500. The number of hydrazine groups is 1. The predicted molar refractivity (Wildman–Crippen MR) is 62.0 cm³/mol. The van der Waals surface area contributed by atoms with Gasteiger partial charge in [0.2, 0.25) is 0 Å². The molecule has 1 aromatic rings. The van der Waals surface area contributed by atoms with E-state index in [9.17, 15) is 5.11 Å². The number of hydrogen-bond acceptors (Lipinski definition) is 3. The molecule has 0 bridgehead atoms. The zero-order valence-electron chi connectivity index (χ0n) is 9.43. The van der Waals surface area contributed by atoms with Gasteiger partial charge in [-0.1, -0.05) is 37.3 Å². The van der Waals surface area contributed by atoms with E-state index in [1.165, 1.54) is 0 Å². The Bertz CT molecular complexity index is 276. The van der Waals surface area contributed by atoms with Crippen LogP contribution < -0.4 is 5.84 Å². The van der Waals surface area contributed by atoms with E-state index in [0.717, 1.165) is 18.5 Å². The van der Waals surface area contributed by atoms with Crippen LogP contribution >= 0.6 is 0 Å². The standard InChI is InChI=1S/C12H20N2O/c1-3-9-14(13)10(2)12(15)11-7-5-4-6-8-11/h4-8,10,12,15H,3,9,13H2,1-2H3/t10-,12?/m1/s1. The third-order valence-corrected chi connectivity index (χ3v) is 2.60. The van der Waals surface area contributed by atoms with E-state index in [1.54, 1.807) is 5.01 Å². The van der Waals surface area contributed by atoms with Crippen molar-refractivity contribution >= 4 is 0 Å². The molecule has 0 amide bonds. The van der Waals surface area contributed by atoms with E-state index in [4.69, 9.17) is 5.84 Å². The van der Waals surface area contributed by atoms with Crippen LogP contribution in [-0.2, 0) is 0 Å². The molecule has 0 saturated carbocycles. The Labute approximate surface area is 91.5 Å². The molecule has 15 heavy (non-hydrogen) atoms. The summed E-state index contributed by atoms with van der Waals surface area (Å²) in [5.41, 5.74) is 0.913. The van der Waals surface area contributed by atoms with Crippen molar-refractivity contribution in [1.29, 1.82) is 0 Å². The van der Waals surface area contributed by atoms with Crippen molar-refractivity contribution in [2.75, 3.05) is 6.54 Å². The average Bonchev–Trinajstić information content (AvgIpc) is 2.28. The van der Waals surface area contributed by atoms with Crippen LogP contribution in [-0.4, -0.2) is 22.7 Å². The van der Waals surface area contributed by atoms with Crippen LogP contribution in [0.2, 0.25) is 0 Å². The zero-order chi connectivity index (χ0) is 11.3. The number of benzene rings is 1. The Balaban J connectivity index is 2.64. The smallest absolute Gasteiger partial charge is 0.0956 e. The van der Waals surface area contributed by atoms with Gasteiger partial charge in [0.25, 0.3) is 0 Å². The van der Waals surface area contributed by atoms with E-state index < -0.39 is 6.10 Å². The molecule has 1 unspecified atom stereocenters. The van der Waals surface area contributed by atoms with Crippen molar-refractivity contribution in [1.82, 2.24) is 5.01 Å². The predicted octanol–water partition coefficient (Wildman–Crippen LogP) is 1.69. The molecule has 0 saturated heterocycles. The minimum absolute atomic E-state index is 0.0626. The van der Waals surface area contributed by atoms with Crippen LogP contribution in [0.1, 0.15) is 31.9 Å². The first kappa shape index (κ1) is 12.2. The highest BCUT2D eigenvalue weighted by Gasteiger charge is 2.19. The molecule has 0 aliphatic carbocycles. The molecule has 0 spiro atoms. The maximum absolute atomic E-state index is 10.1. The van der Waals surface area contributed by atoms with Crippen LogP contribution in [0.15, 0.2) is 30.3 Å². The normalized spacial score (nSPS) is 15.3. The molecule has 0 fully saturated rings. The minimum Gasteiger partial charge on any atom is -0.387 e. The molecule has 1 aromatic carbocycles. The van der Waals surface area contributed by atoms with Gasteiger partial charge >= 0.3 is 0 Å². The lowest BCUT2D eigenvalue weighted by Crippen LogP contribution is -2.43. The van der Waals surface area contributed by atoms with Crippen LogP contribution in [0, 0.1) is 0 Å². The SMILES string of the molecule is CCCN(N)[C@H](C)C(O)c1ccccc1. The minimum atomic E-state index is -0.525. The van der Waals surface area contributed by atoms with Crippen LogP contribution in [0.5, 0.6) is 0 Å². The quantitative estimate of drug-likeness (QED) is 0.572. The molecule has 3 heteroatoms. The number of aliphatic hydroxyl groups is 1. The van der Waals surface area contributed by atoms with Crippen molar-refractivity contribution in [2.24, 2.45) is 5.84 Å². The monoisotopic (exact) mass is 208 g/mol. The summed E-state index contributed by atoms with van der Waals surface area (Å²) in [4.78, 5) is 0. The maximum Gasteiger partial charge on any atom is 0.0956 e. The molecule has 2 atom stereocenters. The van der Waals surface area contributed by atoms with Crippen molar-refractivity contribution in [3.63, 3.8) is 0 Å². The van der Waals surface area contributed by atoms with Gasteiger partial charge in [0, 0.05) is 6.54 Å². The van der Waals surface area contributed by atoms with Gasteiger partial charge in [-0.05, 0) is 18.9 Å². The van der Waals surface area contributed by atoms with Crippen molar-refractivity contribution in [3.8, 4) is 0 Å². The highest BCUT2D eigenvalue weighted by Crippen LogP contribution is 2.18. The average molecular weight is 208 g/mol. The molecule has 3 nitrogen and oxygen atoms in total. The van der Waals surface area contributed by atoms with Gasteiger partial charge in [-0.2, -0.15) is 0 Å². The first-order valence-corrected chi connectivity index (χ1v) is 5.41. The first-order valence-electron chi connectivity index (χ1n) is 5.41. The second-order valence-electron chi connectivity index (χ2n) is 3.83. The van der Waals surface area contributed by atoms with Crippen LogP contribution in [0.3, 0.4) is 0 Å². The Morgan fingerprint density at radius 3 is 2.47 bits per heavy atom. The molecule has 0 aromatic heterocycles. The summed E-state index contributed by atoms with van der Waals surface area (Å²) >= 11 is 0. The Kier molecular flexibility index (Phi) is 4.75. The van der Waals surface area contributed by atoms with Crippen molar-refractivity contribution in [2.45, 2.75) is 32.4 Å². The van der Waals surface area contributed by atoms with Gasteiger partial charge in [-0.15, -0.1) is 0 Å². The summed E-state index contributed by atoms with van der Waals surface area (Å²) in [6, 6.07) is 9.56. The molecule has 1 rings (SSSR count). The third-order valence-electron chi connectivity index (χ3n) is 2.60. The fourth-order valence-corrected chi connectivity index (χ4v) is 1.57. The van der Waals surface area contributed by atoms with Gasteiger partial charge < -0.3 is 5.11 Å². The fourth-order valence-electron chi connectivity index (χ4n) is 1.57. The van der Waals surface area contributed by atoms with Crippen molar-refractivity contribution in [3.05, 3.63) is 35.9 Å². The largest absolute Gasteiger partial charge is 0.387 e. The van der Waals surface area contributed by atoms with E-state index in [0.29, 0.717) is 0 Å². The summed E-state index contributed by atoms with van der Waals surface area (Å²) in [5.74, 6) is 5.84. The van der Waals surface area contributed by atoms with Gasteiger partial charge in [-0.25, -0.2) is 5.01 Å². The Morgan fingerprint density at radius 1 is 1.33 bits per heavy atom. The summed E-state index contributed by atoms with van der Waals surface area (Å²) in [5, 5.41) is 11.8. The number of rotatable bonds is 5. The summed E-state index contributed by atoms with van der Waals surface area (Å²) in [6.45, 7) is 4.81. The molecular formula is C12H20N2O. The lowest BCUT2D eigenvalue weighted by atomic mass is 10.0. The molecule has 0 aliphatic heterocycles. The van der Waals surface area contributed by atoms with Crippen LogP contribution in [0.4, 0.5) is 0 Å². The maximum atomic E-state index is 10.1. The molecule has 84 valence electrons. The zero-order valence-corrected chi connectivity index (χ0v) is 9.43. The summed E-state index contributed by atoms with van der Waals surface area (Å²) in [6.07, 6.45) is 0.463. The van der Waals surface area contributed by atoms with E-state index in [-0.39, 0.29) is 6.04 Å². The molecule has 0 radical (unpaired) electrons. The van der Waals surface area contributed by atoms with Gasteiger partial charge in [0.05, 0.1) is 12.1 Å². The lowest BCUT2D eigenvalue weighted by Gasteiger charge is -2.28. The summed E-state index contributed by atoms with van der Waals surface area (Å²) in [7, 11) is 0. The van der Waals surface area contributed by atoms with E-state index in [2.05, 4.69) is 6.92 Å². The number of nitrogens with two attached hydrogens (primary N) is 1. The van der Waals surface area contributed by atoms with Gasteiger partial charge in [-0.3, -0.25) is 5.84 Å². The number of hydrogen-bond donors (Lipinski definition) is 2. The molecule has 0 aliphatic rings. The third kappa shape index (κ3) is 3.30. The van der Waals surface area contributed by atoms with E-state index >= 15 is 0 Å².